The van der Waals surface area contributed by atoms with Crippen LogP contribution >= 0.6 is 0 Å². The van der Waals surface area contributed by atoms with Gasteiger partial charge in [0, 0.05) is 12.5 Å². The predicted octanol–water partition coefficient (Wildman–Crippen LogP) is -0.951. The third-order valence-electron chi connectivity index (χ3n) is 1.37. The van der Waals surface area contributed by atoms with Crippen LogP contribution in [0.5, 0.6) is 0 Å². The summed E-state index contributed by atoms with van der Waals surface area (Å²) in [5.74, 6) is 0.602. The average Bonchev–Trinajstić information content (AvgIpc) is 2.55. The van der Waals surface area contributed by atoms with Crippen LogP contribution in [0.3, 0.4) is 0 Å². The fourth-order valence-corrected chi connectivity index (χ4v) is 0.868. The predicted molar refractivity (Wildman–Crippen MR) is 35.9 cm³/mol. The minimum Gasteiger partial charge on any atom is -0.322 e. The Morgan fingerprint density at radius 2 is 2.55 bits per heavy atom. The number of rotatable bonds is 1. The van der Waals surface area contributed by atoms with Crippen molar-refractivity contribution in [1.29, 1.82) is 0 Å². The second-order valence-electron chi connectivity index (χ2n) is 2.25. The molecule has 2 heterocycles. The molecule has 0 bridgehead atoms. The lowest BCUT2D eigenvalue weighted by molar-refractivity contribution is -0.670. The number of aromatic nitrogens is 5. The first-order valence-corrected chi connectivity index (χ1v) is 3.20. The molecule has 2 rings (SSSR count). The summed E-state index contributed by atoms with van der Waals surface area (Å²) in [4.78, 5) is 3.93. The molecule has 0 aromatic carbocycles. The summed E-state index contributed by atoms with van der Waals surface area (Å²) >= 11 is 0. The average molecular weight is 149 g/mol. The Morgan fingerprint density at radius 1 is 1.64 bits per heavy atom. The zero-order valence-corrected chi connectivity index (χ0v) is 6.05. The summed E-state index contributed by atoms with van der Waals surface area (Å²) < 4.78 is 3.71. The molecule has 11 heavy (non-hydrogen) atoms. The zero-order chi connectivity index (χ0) is 7.68. The molecule has 2 aromatic rings. The van der Waals surface area contributed by atoms with Crippen molar-refractivity contribution in [2.45, 2.75) is 0 Å². The van der Waals surface area contributed by atoms with E-state index in [1.807, 2.05) is 30.3 Å². The van der Waals surface area contributed by atoms with Gasteiger partial charge >= 0.3 is 0 Å². The third-order valence-corrected chi connectivity index (χ3v) is 1.37. The SMILES string of the molecule is C[n+]1ccn(-c2nnc[n-]2)c1. The van der Waals surface area contributed by atoms with Gasteiger partial charge in [-0.15, -0.1) is 0 Å². The van der Waals surface area contributed by atoms with Gasteiger partial charge in [-0.2, -0.15) is 0 Å². The summed E-state index contributed by atoms with van der Waals surface area (Å²) in [6.07, 6.45) is 7.08. The van der Waals surface area contributed by atoms with Crippen LogP contribution in [0.4, 0.5) is 0 Å². The summed E-state index contributed by atoms with van der Waals surface area (Å²) in [7, 11) is 1.94. The van der Waals surface area contributed by atoms with Crippen LogP contribution in [-0.2, 0) is 7.05 Å². The third kappa shape index (κ3) is 1.000. The van der Waals surface area contributed by atoms with E-state index in [1.165, 1.54) is 6.33 Å². The molecule has 0 saturated heterocycles. The molecule has 5 nitrogen and oxygen atoms in total. The highest BCUT2D eigenvalue weighted by atomic mass is 15.3. The van der Waals surface area contributed by atoms with Crippen molar-refractivity contribution < 1.29 is 4.57 Å². The molecular formula is C6H7N5. The maximum absolute atomic E-state index is 3.93. The van der Waals surface area contributed by atoms with Crippen LogP contribution in [0.15, 0.2) is 25.0 Å². The molecule has 0 aliphatic heterocycles. The van der Waals surface area contributed by atoms with Gasteiger partial charge in [0.25, 0.3) is 0 Å². The maximum Gasteiger partial charge on any atom is 0.122 e. The molecule has 0 amide bonds. The monoisotopic (exact) mass is 149 g/mol. The van der Waals surface area contributed by atoms with Crippen LogP contribution in [0.25, 0.3) is 5.95 Å². The molecule has 0 unspecified atom stereocenters. The molecule has 0 aliphatic rings. The van der Waals surface area contributed by atoms with Crippen LogP contribution in [-0.4, -0.2) is 14.8 Å². The number of aryl methyl sites for hydroxylation is 1. The summed E-state index contributed by atoms with van der Waals surface area (Å²) in [6, 6.07) is 0. The topological polar surface area (TPSA) is 48.7 Å². The molecule has 0 fully saturated rings. The Bertz CT molecular complexity index is 333. The molecule has 0 aliphatic carbocycles. The lowest BCUT2D eigenvalue weighted by atomic mass is 10.8. The van der Waals surface area contributed by atoms with Crippen molar-refractivity contribution in [2.24, 2.45) is 7.05 Å². The normalized spacial score (nSPS) is 10.3. The van der Waals surface area contributed by atoms with E-state index in [0.717, 1.165) is 0 Å². The molecule has 0 N–H and O–H groups in total. The quantitative estimate of drug-likeness (QED) is 0.491. The first-order chi connectivity index (χ1) is 5.36. The van der Waals surface area contributed by atoms with E-state index >= 15 is 0 Å². The fourth-order valence-electron chi connectivity index (χ4n) is 0.868. The van der Waals surface area contributed by atoms with Gasteiger partial charge in [-0.3, -0.25) is 9.67 Å². The van der Waals surface area contributed by atoms with Crippen molar-refractivity contribution in [1.82, 2.24) is 19.7 Å². The van der Waals surface area contributed by atoms with Crippen LogP contribution in [0.2, 0.25) is 0 Å². The van der Waals surface area contributed by atoms with E-state index in [-0.39, 0.29) is 0 Å². The first-order valence-electron chi connectivity index (χ1n) is 3.20. The minimum atomic E-state index is 0.602. The summed E-state index contributed by atoms with van der Waals surface area (Å²) in [6.45, 7) is 0. The molecule has 2 aromatic heterocycles. The molecule has 0 spiro atoms. The smallest absolute Gasteiger partial charge is 0.122 e. The van der Waals surface area contributed by atoms with Crippen molar-refractivity contribution >= 4 is 0 Å². The number of hydrogen-bond acceptors (Lipinski definition) is 2. The van der Waals surface area contributed by atoms with Gasteiger partial charge in [-0.05, 0) is 0 Å². The molecule has 5 heteroatoms. The van der Waals surface area contributed by atoms with Gasteiger partial charge in [-0.1, -0.05) is 0 Å². The van der Waals surface area contributed by atoms with Gasteiger partial charge in [0.15, 0.2) is 0 Å². The van der Waals surface area contributed by atoms with E-state index in [4.69, 9.17) is 0 Å². The van der Waals surface area contributed by atoms with Crippen LogP contribution < -0.4 is 9.55 Å². The Labute approximate surface area is 63.3 Å². The van der Waals surface area contributed by atoms with E-state index in [1.54, 1.807) is 4.57 Å². The summed E-state index contributed by atoms with van der Waals surface area (Å²) in [5, 5.41) is 7.40. The molecule has 0 radical (unpaired) electrons. The van der Waals surface area contributed by atoms with Gasteiger partial charge in [0.1, 0.15) is 6.33 Å². The van der Waals surface area contributed by atoms with Gasteiger partial charge < -0.3 is 14.6 Å². The van der Waals surface area contributed by atoms with E-state index < -0.39 is 0 Å². The van der Waals surface area contributed by atoms with Crippen LogP contribution in [0.1, 0.15) is 0 Å². The highest BCUT2D eigenvalue weighted by Crippen LogP contribution is 1.92. The molecule has 0 atom stereocenters. The molecular weight excluding hydrogens is 142 g/mol. The summed E-state index contributed by atoms with van der Waals surface area (Å²) in [5.41, 5.74) is 0. The Balaban J connectivity index is 2.45. The largest absolute Gasteiger partial charge is 0.322 e. The zero-order valence-electron chi connectivity index (χ0n) is 6.05. The van der Waals surface area contributed by atoms with Crippen LogP contribution in [0, 0.1) is 0 Å². The Kier molecular flexibility index (Phi) is 1.21. The second-order valence-corrected chi connectivity index (χ2v) is 2.25. The highest BCUT2D eigenvalue weighted by molar-refractivity contribution is 5.03. The van der Waals surface area contributed by atoms with Crippen molar-refractivity contribution in [2.75, 3.05) is 0 Å². The van der Waals surface area contributed by atoms with E-state index in [9.17, 15) is 0 Å². The lowest BCUT2D eigenvalue weighted by Crippen LogP contribution is -2.23. The first kappa shape index (κ1) is 6.09. The van der Waals surface area contributed by atoms with E-state index in [2.05, 4.69) is 15.2 Å². The van der Waals surface area contributed by atoms with Crippen molar-refractivity contribution in [3.63, 3.8) is 0 Å². The van der Waals surface area contributed by atoms with Crippen molar-refractivity contribution in [3.8, 4) is 5.95 Å². The van der Waals surface area contributed by atoms with Gasteiger partial charge in [0.2, 0.25) is 0 Å². The fraction of sp³-hybridized carbons (Fsp3) is 0.167. The molecule has 0 saturated carbocycles. The Morgan fingerprint density at radius 3 is 3.09 bits per heavy atom. The minimum absolute atomic E-state index is 0.602. The number of hydrogen-bond donors (Lipinski definition) is 0. The Hall–Kier alpha value is -1.65. The second kappa shape index (κ2) is 2.19. The van der Waals surface area contributed by atoms with Crippen molar-refractivity contribution in [3.05, 3.63) is 25.0 Å². The molecule has 56 valence electrons. The van der Waals surface area contributed by atoms with E-state index in [0.29, 0.717) is 5.95 Å². The lowest BCUT2D eigenvalue weighted by Gasteiger charge is -1.98. The van der Waals surface area contributed by atoms with Gasteiger partial charge in [0.05, 0.1) is 19.2 Å². The standard InChI is InChI=1S/C6H7N5/c1-10-2-3-11(5-10)6-7-4-8-9-6/h2-5H,1H3. The number of imidazole rings is 1. The maximum atomic E-state index is 3.93. The highest BCUT2D eigenvalue weighted by Gasteiger charge is 1.91. The number of nitrogens with zero attached hydrogens (tertiary/aromatic N) is 5. The van der Waals surface area contributed by atoms with Gasteiger partial charge in [-0.25, -0.2) is 0 Å².